The van der Waals surface area contributed by atoms with E-state index in [1.165, 1.54) is 43.1 Å². The molecule has 5 rings (SSSR count). The maximum Gasteiger partial charge on any atom is 0.270 e. The Hall–Kier alpha value is -4.25. The van der Waals surface area contributed by atoms with Gasteiger partial charge in [0.1, 0.15) is 11.6 Å². The molecule has 9 nitrogen and oxygen atoms in total. The molecular formula is C24H18FN5O4S. The van der Waals surface area contributed by atoms with Crippen LogP contribution in [0, 0.1) is 15.9 Å². The van der Waals surface area contributed by atoms with Gasteiger partial charge >= 0.3 is 0 Å². The number of aromatic nitrogens is 3. The predicted octanol–water partition coefficient (Wildman–Crippen LogP) is 5.39. The van der Waals surface area contributed by atoms with E-state index in [0.717, 1.165) is 0 Å². The monoisotopic (exact) mass is 491 g/mol. The van der Waals surface area contributed by atoms with Crippen LogP contribution >= 0.6 is 11.8 Å². The van der Waals surface area contributed by atoms with Crippen molar-refractivity contribution in [3.05, 3.63) is 93.8 Å². The van der Waals surface area contributed by atoms with Crippen molar-refractivity contribution in [1.82, 2.24) is 15.2 Å². The van der Waals surface area contributed by atoms with Gasteiger partial charge in [0.2, 0.25) is 17.3 Å². The summed E-state index contributed by atoms with van der Waals surface area (Å²) in [6.45, 7) is 0. The average molecular weight is 492 g/mol. The zero-order valence-corrected chi connectivity index (χ0v) is 19.2. The molecule has 0 bridgehead atoms. The van der Waals surface area contributed by atoms with Gasteiger partial charge in [-0.3, -0.25) is 10.1 Å². The van der Waals surface area contributed by atoms with Crippen LogP contribution in [0.3, 0.4) is 0 Å². The lowest BCUT2D eigenvalue weighted by atomic mass is 10.1. The Morgan fingerprint density at radius 3 is 2.74 bits per heavy atom. The third kappa shape index (κ3) is 4.58. The second kappa shape index (κ2) is 9.55. The Labute approximate surface area is 203 Å². The minimum atomic E-state index is -0.867. The topological polar surface area (TPSA) is 112 Å². The van der Waals surface area contributed by atoms with Gasteiger partial charge in [0.15, 0.2) is 5.69 Å². The van der Waals surface area contributed by atoms with Crippen LogP contribution in [0.1, 0.15) is 17.4 Å². The van der Waals surface area contributed by atoms with Gasteiger partial charge in [-0.05, 0) is 23.8 Å². The number of fused-ring (bicyclic) bond motifs is 3. The van der Waals surface area contributed by atoms with E-state index in [0.29, 0.717) is 44.7 Å². The number of non-ortho nitro benzene ring substituents is 1. The summed E-state index contributed by atoms with van der Waals surface area (Å²) in [5.41, 5.74) is 2.64. The molecular weight excluding hydrogens is 473 g/mol. The van der Waals surface area contributed by atoms with Gasteiger partial charge in [0.25, 0.3) is 5.69 Å². The summed E-state index contributed by atoms with van der Waals surface area (Å²) in [5, 5.41) is 23.5. The quantitative estimate of drug-likeness (QED) is 0.215. The molecule has 1 N–H and O–H groups in total. The molecule has 1 aliphatic heterocycles. The first kappa shape index (κ1) is 22.5. The van der Waals surface area contributed by atoms with Gasteiger partial charge < -0.3 is 14.8 Å². The van der Waals surface area contributed by atoms with E-state index >= 15 is 0 Å². The van der Waals surface area contributed by atoms with Crippen molar-refractivity contribution in [2.45, 2.75) is 17.1 Å². The van der Waals surface area contributed by atoms with E-state index in [2.05, 4.69) is 20.5 Å². The van der Waals surface area contributed by atoms with Gasteiger partial charge in [0, 0.05) is 29.1 Å². The summed E-state index contributed by atoms with van der Waals surface area (Å²) < 4.78 is 25.7. The largest absolute Gasteiger partial charge is 0.496 e. The zero-order chi connectivity index (χ0) is 24.4. The molecule has 2 heterocycles. The molecule has 0 saturated carbocycles. The standard InChI is InChI=1S/C24H18FN5O4S/c1-33-20-11-10-15(30(31)32)12-17(20)22-26-19-9-5-3-7-16(19)21-23(34-22)27-24(29-28-21)35-13-14-6-2-4-8-18(14)25/h2-12,22,26H,13H2,1H3/t22-/m0/s1. The van der Waals surface area contributed by atoms with Crippen molar-refractivity contribution < 1.29 is 18.8 Å². The van der Waals surface area contributed by atoms with Crippen molar-refractivity contribution in [1.29, 1.82) is 0 Å². The third-order valence-electron chi connectivity index (χ3n) is 5.35. The Bertz CT molecular complexity index is 1420. The minimum Gasteiger partial charge on any atom is -0.496 e. The second-order valence-electron chi connectivity index (χ2n) is 7.50. The Morgan fingerprint density at radius 1 is 1.14 bits per heavy atom. The maximum absolute atomic E-state index is 14.0. The number of rotatable bonds is 6. The van der Waals surface area contributed by atoms with E-state index in [-0.39, 0.29) is 17.4 Å². The summed E-state index contributed by atoms with van der Waals surface area (Å²) in [6.07, 6.45) is -0.867. The SMILES string of the molecule is COc1ccc([N+](=O)[O-])cc1[C@H]1Nc2ccccc2-c2nnc(SCc3ccccc3F)nc2O1. The van der Waals surface area contributed by atoms with Crippen LogP contribution in [0.4, 0.5) is 15.8 Å². The van der Waals surface area contributed by atoms with Gasteiger partial charge in [-0.1, -0.05) is 48.2 Å². The molecule has 3 aromatic carbocycles. The number of methoxy groups -OCH3 is 1. The van der Waals surface area contributed by atoms with Gasteiger partial charge in [-0.25, -0.2) is 4.39 Å². The molecule has 0 fully saturated rings. The Balaban J connectivity index is 1.54. The average Bonchev–Trinajstić information content (AvgIpc) is 3.04. The van der Waals surface area contributed by atoms with Crippen LogP contribution in [0.15, 0.2) is 71.9 Å². The number of nitrogens with zero attached hydrogens (tertiary/aromatic N) is 4. The fourth-order valence-electron chi connectivity index (χ4n) is 3.65. The number of ether oxygens (including phenoxy) is 2. The van der Waals surface area contributed by atoms with Crippen molar-refractivity contribution >= 4 is 23.1 Å². The summed E-state index contributed by atoms with van der Waals surface area (Å²) in [7, 11) is 1.48. The summed E-state index contributed by atoms with van der Waals surface area (Å²) in [5.74, 6) is 0.594. The van der Waals surface area contributed by atoms with Crippen LogP contribution in [-0.4, -0.2) is 27.2 Å². The van der Waals surface area contributed by atoms with E-state index in [4.69, 9.17) is 9.47 Å². The molecule has 0 saturated heterocycles. The lowest BCUT2D eigenvalue weighted by molar-refractivity contribution is -0.385. The number of anilines is 1. The smallest absolute Gasteiger partial charge is 0.270 e. The van der Waals surface area contributed by atoms with Crippen molar-refractivity contribution in [3.8, 4) is 22.9 Å². The van der Waals surface area contributed by atoms with Gasteiger partial charge in [-0.2, -0.15) is 4.98 Å². The second-order valence-corrected chi connectivity index (χ2v) is 8.44. The molecule has 176 valence electrons. The van der Waals surface area contributed by atoms with Crippen LogP contribution in [0.25, 0.3) is 11.3 Å². The zero-order valence-electron chi connectivity index (χ0n) is 18.3. The number of nitrogens with one attached hydrogen (secondary N) is 1. The number of para-hydroxylation sites is 1. The molecule has 11 heteroatoms. The number of nitro groups is 1. The highest BCUT2D eigenvalue weighted by Crippen LogP contribution is 2.41. The summed E-state index contributed by atoms with van der Waals surface area (Å²) in [6, 6.07) is 18.1. The maximum atomic E-state index is 14.0. The molecule has 0 radical (unpaired) electrons. The number of hydrogen-bond donors (Lipinski definition) is 1. The molecule has 1 atom stereocenters. The van der Waals surface area contributed by atoms with Gasteiger partial charge in [-0.15, -0.1) is 10.2 Å². The first-order valence-corrected chi connectivity index (χ1v) is 11.5. The predicted molar refractivity (Wildman–Crippen MR) is 128 cm³/mol. The molecule has 0 spiro atoms. The Morgan fingerprint density at radius 2 is 1.94 bits per heavy atom. The van der Waals surface area contributed by atoms with Crippen LogP contribution in [0.2, 0.25) is 0 Å². The van der Waals surface area contributed by atoms with E-state index < -0.39 is 11.2 Å². The first-order valence-electron chi connectivity index (χ1n) is 10.5. The minimum absolute atomic E-state index is 0.106. The Kier molecular flexibility index (Phi) is 6.15. The fourth-order valence-corrected chi connectivity index (χ4v) is 4.41. The van der Waals surface area contributed by atoms with Crippen molar-refractivity contribution in [2.24, 2.45) is 0 Å². The fraction of sp³-hybridized carbons (Fsp3) is 0.125. The van der Waals surface area contributed by atoms with Crippen LogP contribution in [-0.2, 0) is 5.75 Å². The lowest BCUT2D eigenvalue weighted by Gasteiger charge is -2.21. The molecule has 1 aromatic heterocycles. The number of benzene rings is 3. The van der Waals surface area contributed by atoms with E-state index in [1.54, 1.807) is 18.2 Å². The lowest BCUT2D eigenvalue weighted by Crippen LogP contribution is -2.18. The number of hydrogen-bond acceptors (Lipinski definition) is 9. The molecule has 0 amide bonds. The number of nitro benzene ring substituents is 1. The summed E-state index contributed by atoms with van der Waals surface area (Å²) in [4.78, 5) is 15.5. The third-order valence-corrected chi connectivity index (χ3v) is 6.24. The highest BCUT2D eigenvalue weighted by Gasteiger charge is 2.29. The first-order chi connectivity index (χ1) is 17.0. The molecule has 35 heavy (non-hydrogen) atoms. The molecule has 4 aromatic rings. The van der Waals surface area contributed by atoms with E-state index in [1.807, 2.05) is 24.3 Å². The number of halogens is 1. The van der Waals surface area contributed by atoms with Gasteiger partial charge in [0.05, 0.1) is 17.6 Å². The van der Waals surface area contributed by atoms with Crippen LogP contribution in [0.5, 0.6) is 11.6 Å². The highest BCUT2D eigenvalue weighted by molar-refractivity contribution is 7.98. The highest BCUT2D eigenvalue weighted by atomic mass is 32.2. The number of thioether (sulfide) groups is 1. The van der Waals surface area contributed by atoms with Crippen molar-refractivity contribution in [2.75, 3.05) is 12.4 Å². The van der Waals surface area contributed by atoms with E-state index in [9.17, 15) is 14.5 Å². The normalized spacial score (nSPS) is 14.1. The molecule has 0 aliphatic carbocycles. The molecule has 0 unspecified atom stereocenters. The summed E-state index contributed by atoms with van der Waals surface area (Å²) >= 11 is 1.22. The molecule has 1 aliphatic rings. The van der Waals surface area contributed by atoms with Crippen molar-refractivity contribution in [3.63, 3.8) is 0 Å². The van der Waals surface area contributed by atoms with Crippen LogP contribution < -0.4 is 14.8 Å².